The van der Waals surface area contributed by atoms with Gasteiger partial charge in [0.25, 0.3) is 5.91 Å². The molecule has 3 N–H and O–H groups in total. The van der Waals surface area contributed by atoms with E-state index >= 15 is 0 Å². The number of halogens is 1. The standard InChI is InChI=1S/C28H26ClN5O6/c1-33(27(38)39)20-9-7-18(8-10-20)24(35)31-22(13-17-5-3-2-4-6-17)25(36)34-12-11-28(16-34)21-14-19(29)15-30-23(21)32-26(37)40-28/h2-10,14-15,22H,11-13,16H2,1H3,(H,31,35)(H,38,39)(H,30,32,37)/t22-,28-/m0/s1. The molecule has 40 heavy (non-hydrogen) atoms. The predicted molar refractivity (Wildman–Crippen MR) is 146 cm³/mol. The zero-order valence-corrected chi connectivity index (χ0v) is 22.2. The molecule has 3 heterocycles. The van der Waals surface area contributed by atoms with Gasteiger partial charge in [-0.1, -0.05) is 41.9 Å². The molecule has 2 aliphatic rings. The average molecular weight is 564 g/mol. The second-order valence-corrected chi connectivity index (χ2v) is 10.1. The molecular weight excluding hydrogens is 538 g/mol. The average Bonchev–Trinajstić information content (AvgIpc) is 3.37. The summed E-state index contributed by atoms with van der Waals surface area (Å²) in [7, 11) is 1.40. The van der Waals surface area contributed by atoms with Gasteiger partial charge >= 0.3 is 12.2 Å². The molecule has 1 fully saturated rings. The minimum absolute atomic E-state index is 0.0751. The van der Waals surface area contributed by atoms with Crippen LogP contribution < -0.4 is 15.5 Å². The number of hydrogen-bond acceptors (Lipinski definition) is 6. The first kappa shape index (κ1) is 26.9. The second kappa shape index (κ2) is 10.9. The lowest BCUT2D eigenvalue weighted by Gasteiger charge is -2.35. The number of anilines is 2. The van der Waals surface area contributed by atoms with Gasteiger partial charge in [0.15, 0.2) is 5.60 Å². The summed E-state index contributed by atoms with van der Waals surface area (Å²) in [4.78, 5) is 57.4. The molecule has 206 valence electrons. The van der Waals surface area contributed by atoms with E-state index in [-0.39, 0.29) is 31.0 Å². The van der Waals surface area contributed by atoms with Gasteiger partial charge in [-0.05, 0) is 35.9 Å². The number of aromatic nitrogens is 1. The number of nitrogens with zero attached hydrogens (tertiary/aromatic N) is 3. The summed E-state index contributed by atoms with van der Waals surface area (Å²) in [6.45, 7) is 0.362. The molecular formula is C28H26ClN5O6. The summed E-state index contributed by atoms with van der Waals surface area (Å²) in [6, 6.07) is 16.1. The van der Waals surface area contributed by atoms with Gasteiger partial charge in [0, 0.05) is 49.4 Å². The Bertz CT molecular complexity index is 1470. The normalized spacial score (nSPS) is 18.4. The summed E-state index contributed by atoms with van der Waals surface area (Å²) < 4.78 is 5.72. The first-order valence-electron chi connectivity index (χ1n) is 12.5. The Morgan fingerprint density at radius 3 is 2.62 bits per heavy atom. The lowest BCUT2D eigenvalue weighted by Crippen LogP contribution is -2.50. The van der Waals surface area contributed by atoms with Gasteiger partial charge < -0.3 is 20.1 Å². The summed E-state index contributed by atoms with van der Waals surface area (Å²) >= 11 is 6.18. The molecule has 2 aliphatic heterocycles. The first-order valence-corrected chi connectivity index (χ1v) is 12.9. The SMILES string of the molecule is CN(C(=O)O)c1ccc(C(=O)N[C@@H](Cc2ccccc2)C(=O)N2CC[C@@]3(C2)OC(=O)Nc2ncc(Cl)cc23)cc1. The number of fused-ring (bicyclic) bond motifs is 2. The smallest absolute Gasteiger partial charge is 0.413 e. The molecule has 0 saturated carbocycles. The van der Waals surface area contributed by atoms with Crippen molar-refractivity contribution in [3.63, 3.8) is 0 Å². The lowest BCUT2D eigenvalue weighted by atomic mass is 9.92. The monoisotopic (exact) mass is 563 g/mol. The molecule has 0 radical (unpaired) electrons. The van der Waals surface area contributed by atoms with E-state index in [0.717, 1.165) is 10.5 Å². The third-order valence-corrected chi connectivity index (χ3v) is 7.29. The van der Waals surface area contributed by atoms with E-state index < -0.39 is 29.7 Å². The number of ether oxygens (including phenoxy) is 1. The van der Waals surface area contributed by atoms with Crippen LogP contribution in [0, 0.1) is 0 Å². The highest BCUT2D eigenvalue weighted by Crippen LogP contribution is 2.43. The highest BCUT2D eigenvalue weighted by molar-refractivity contribution is 6.30. The van der Waals surface area contributed by atoms with Crippen LogP contribution >= 0.6 is 11.6 Å². The van der Waals surface area contributed by atoms with E-state index in [2.05, 4.69) is 15.6 Å². The molecule has 5 rings (SSSR count). The summed E-state index contributed by atoms with van der Waals surface area (Å²) in [5.41, 5.74) is 0.995. The fourth-order valence-electron chi connectivity index (χ4n) is 4.97. The van der Waals surface area contributed by atoms with Crippen LogP contribution in [0.1, 0.15) is 27.9 Å². The van der Waals surface area contributed by atoms with E-state index in [1.165, 1.54) is 37.5 Å². The van der Waals surface area contributed by atoms with Crippen molar-refractivity contribution in [2.45, 2.75) is 24.5 Å². The first-order chi connectivity index (χ1) is 19.1. The maximum atomic E-state index is 13.9. The summed E-state index contributed by atoms with van der Waals surface area (Å²) in [6.07, 6.45) is 0.207. The maximum absolute atomic E-state index is 13.9. The van der Waals surface area contributed by atoms with Crippen molar-refractivity contribution in [2.24, 2.45) is 0 Å². The molecule has 0 unspecified atom stereocenters. The fraction of sp³-hybridized carbons (Fsp3) is 0.250. The zero-order valence-electron chi connectivity index (χ0n) is 21.5. The second-order valence-electron chi connectivity index (χ2n) is 9.67. The molecule has 3 aromatic rings. The Morgan fingerprint density at radius 2 is 1.93 bits per heavy atom. The Hall–Kier alpha value is -4.64. The van der Waals surface area contributed by atoms with Crippen LogP contribution in [-0.2, 0) is 21.6 Å². The number of pyridine rings is 1. The number of amides is 4. The van der Waals surface area contributed by atoms with Crippen LogP contribution in [0.3, 0.4) is 0 Å². The van der Waals surface area contributed by atoms with Gasteiger partial charge in [0.1, 0.15) is 11.9 Å². The molecule has 1 spiro atoms. The van der Waals surface area contributed by atoms with E-state index in [1.807, 2.05) is 30.3 Å². The molecule has 4 amide bonds. The van der Waals surface area contributed by atoms with Gasteiger partial charge in [-0.25, -0.2) is 14.6 Å². The number of likely N-dealkylation sites (tertiary alicyclic amines) is 1. The van der Waals surface area contributed by atoms with Gasteiger partial charge in [0.05, 0.1) is 11.6 Å². The summed E-state index contributed by atoms with van der Waals surface area (Å²) in [5.74, 6) is -0.481. The molecule has 2 atom stereocenters. The van der Waals surface area contributed by atoms with Crippen molar-refractivity contribution in [2.75, 3.05) is 30.4 Å². The number of benzene rings is 2. The van der Waals surface area contributed by atoms with Crippen LogP contribution in [-0.4, -0.2) is 65.2 Å². The van der Waals surface area contributed by atoms with Crippen molar-refractivity contribution in [1.82, 2.24) is 15.2 Å². The van der Waals surface area contributed by atoms with Crippen molar-refractivity contribution in [1.29, 1.82) is 0 Å². The van der Waals surface area contributed by atoms with Crippen LogP contribution in [0.5, 0.6) is 0 Å². The Labute approximate surface area is 234 Å². The number of rotatable bonds is 6. The lowest BCUT2D eigenvalue weighted by molar-refractivity contribution is -0.133. The topological polar surface area (TPSA) is 141 Å². The molecule has 11 nitrogen and oxygen atoms in total. The third kappa shape index (κ3) is 5.41. The molecule has 0 bridgehead atoms. The van der Waals surface area contributed by atoms with E-state index in [1.54, 1.807) is 11.0 Å². The van der Waals surface area contributed by atoms with E-state index in [4.69, 9.17) is 16.3 Å². The Morgan fingerprint density at radius 1 is 1.20 bits per heavy atom. The van der Waals surface area contributed by atoms with Crippen molar-refractivity contribution < 1.29 is 29.0 Å². The summed E-state index contributed by atoms with van der Waals surface area (Å²) in [5, 5.41) is 15.0. The molecule has 1 saturated heterocycles. The quantitative estimate of drug-likeness (QED) is 0.413. The Kier molecular flexibility index (Phi) is 7.31. The Balaban J connectivity index is 1.38. The minimum atomic E-state index is -1.13. The number of nitrogens with one attached hydrogen (secondary N) is 2. The zero-order chi connectivity index (χ0) is 28.4. The predicted octanol–water partition coefficient (Wildman–Crippen LogP) is 3.88. The van der Waals surface area contributed by atoms with Gasteiger partial charge in [0.2, 0.25) is 5.91 Å². The number of hydrogen-bond donors (Lipinski definition) is 3. The van der Waals surface area contributed by atoms with Gasteiger partial charge in [-0.2, -0.15) is 0 Å². The minimum Gasteiger partial charge on any atom is -0.465 e. The van der Waals surface area contributed by atoms with Gasteiger partial charge in [-0.15, -0.1) is 0 Å². The van der Waals surface area contributed by atoms with Crippen molar-refractivity contribution >= 4 is 47.1 Å². The van der Waals surface area contributed by atoms with E-state index in [9.17, 15) is 24.3 Å². The van der Waals surface area contributed by atoms with E-state index in [0.29, 0.717) is 28.5 Å². The molecule has 12 heteroatoms. The number of carbonyl (C=O) groups excluding carboxylic acids is 3. The number of carboxylic acid groups (broad SMARTS) is 1. The third-order valence-electron chi connectivity index (χ3n) is 7.09. The molecule has 1 aromatic heterocycles. The molecule has 0 aliphatic carbocycles. The fourth-order valence-corrected chi connectivity index (χ4v) is 5.13. The van der Waals surface area contributed by atoms with Crippen molar-refractivity contribution in [3.05, 3.63) is 88.6 Å². The van der Waals surface area contributed by atoms with Crippen LogP contribution in [0.4, 0.5) is 21.1 Å². The number of carbonyl (C=O) groups is 4. The van der Waals surface area contributed by atoms with Crippen LogP contribution in [0.25, 0.3) is 0 Å². The highest BCUT2D eigenvalue weighted by Gasteiger charge is 2.50. The largest absolute Gasteiger partial charge is 0.465 e. The highest BCUT2D eigenvalue weighted by atomic mass is 35.5. The molecule has 2 aromatic carbocycles. The van der Waals surface area contributed by atoms with Crippen LogP contribution in [0.15, 0.2) is 66.9 Å². The maximum Gasteiger partial charge on any atom is 0.413 e. The van der Waals surface area contributed by atoms with Gasteiger partial charge in [-0.3, -0.25) is 19.8 Å². The van der Waals surface area contributed by atoms with Crippen LogP contribution in [0.2, 0.25) is 5.02 Å². The van der Waals surface area contributed by atoms with Crippen molar-refractivity contribution in [3.8, 4) is 0 Å².